The SMILES string of the molecule is O=C(O)CCCC(O)Oc1ccccc1. The number of aliphatic hydroxyl groups excluding tert-OH is 1. The molecular weight excluding hydrogens is 196 g/mol. The van der Waals surface area contributed by atoms with Crippen LogP contribution in [0, 0.1) is 0 Å². The topological polar surface area (TPSA) is 66.8 Å². The molecule has 1 atom stereocenters. The molecule has 0 aromatic heterocycles. The zero-order valence-corrected chi connectivity index (χ0v) is 8.30. The summed E-state index contributed by atoms with van der Waals surface area (Å²) in [6, 6.07) is 8.93. The van der Waals surface area contributed by atoms with Crippen LogP contribution in [0.25, 0.3) is 0 Å². The summed E-state index contributed by atoms with van der Waals surface area (Å²) in [5, 5.41) is 17.8. The van der Waals surface area contributed by atoms with Crippen LogP contribution < -0.4 is 4.74 Å². The minimum atomic E-state index is -0.938. The maximum atomic E-state index is 10.2. The molecule has 1 rings (SSSR count). The number of aliphatic hydroxyl groups is 1. The van der Waals surface area contributed by atoms with Gasteiger partial charge in [-0.15, -0.1) is 0 Å². The Morgan fingerprint density at radius 3 is 2.60 bits per heavy atom. The maximum Gasteiger partial charge on any atom is 0.303 e. The monoisotopic (exact) mass is 210 g/mol. The summed E-state index contributed by atoms with van der Waals surface area (Å²) in [7, 11) is 0. The Hall–Kier alpha value is -1.55. The van der Waals surface area contributed by atoms with Gasteiger partial charge in [0.2, 0.25) is 0 Å². The van der Waals surface area contributed by atoms with Crippen LogP contribution in [0.2, 0.25) is 0 Å². The number of aliphatic carboxylic acids is 1. The average molecular weight is 210 g/mol. The number of rotatable bonds is 6. The summed E-state index contributed by atoms with van der Waals surface area (Å²) in [6.07, 6.45) is -0.161. The van der Waals surface area contributed by atoms with Gasteiger partial charge in [-0.1, -0.05) is 18.2 Å². The van der Waals surface area contributed by atoms with Gasteiger partial charge in [-0.05, 0) is 18.6 Å². The summed E-state index contributed by atoms with van der Waals surface area (Å²) in [4.78, 5) is 10.2. The first-order valence-electron chi connectivity index (χ1n) is 4.80. The first-order valence-corrected chi connectivity index (χ1v) is 4.80. The molecule has 0 spiro atoms. The molecule has 0 saturated heterocycles. The Balaban J connectivity index is 2.24. The van der Waals surface area contributed by atoms with Gasteiger partial charge in [0.25, 0.3) is 0 Å². The average Bonchev–Trinajstić information content (AvgIpc) is 2.18. The lowest BCUT2D eigenvalue weighted by molar-refractivity contribution is -0.137. The van der Waals surface area contributed by atoms with E-state index in [2.05, 4.69) is 0 Å². The molecule has 15 heavy (non-hydrogen) atoms. The smallest absolute Gasteiger partial charge is 0.303 e. The molecule has 2 N–H and O–H groups in total. The fraction of sp³-hybridized carbons (Fsp3) is 0.364. The van der Waals surface area contributed by atoms with Gasteiger partial charge >= 0.3 is 5.97 Å². The first-order chi connectivity index (χ1) is 7.18. The zero-order chi connectivity index (χ0) is 11.1. The van der Waals surface area contributed by atoms with E-state index in [1.807, 2.05) is 6.07 Å². The summed E-state index contributed by atoms with van der Waals surface area (Å²) in [5.74, 6) is -0.276. The summed E-state index contributed by atoms with van der Waals surface area (Å²) in [5.41, 5.74) is 0. The fourth-order valence-corrected chi connectivity index (χ4v) is 1.14. The van der Waals surface area contributed by atoms with Crippen LogP contribution in [0.3, 0.4) is 0 Å². The van der Waals surface area contributed by atoms with Crippen LogP contribution in [0.5, 0.6) is 5.75 Å². The Kier molecular flexibility index (Phi) is 4.63. The summed E-state index contributed by atoms with van der Waals surface area (Å²) >= 11 is 0. The van der Waals surface area contributed by atoms with Gasteiger partial charge in [-0.2, -0.15) is 0 Å². The van der Waals surface area contributed by atoms with E-state index in [-0.39, 0.29) is 6.42 Å². The van der Waals surface area contributed by atoms with Crippen LogP contribution in [0.4, 0.5) is 0 Å². The Bertz CT molecular complexity index is 297. The second-order valence-electron chi connectivity index (χ2n) is 3.17. The van der Waals surface area contributed by atoms with E-state index in [1.165, 1.54) is 0 Å². The number of hydrogen-bond acceptors (Lipinski definition) is 3. The zero-order valence-electron chi connectivity index (χ0n) is 8.30. The van der Waals surface area contributed by atoms with Crippen molar-refractivity contribution in [3.05, 3.63) is 30.3 Å². The van der Waals surface area contributed by atoms with Crippen molar-refractivity contribution in [3.63, 3.8) is 0 Å². The molecule has 0 heterocycles. The van der Waals surface area contributed by atoms with Gasteiger partial charge in [0.05, 0.1) is 0 Å². The van der Waals surface area contributed by atoms with Crippen molar-refractivity contribution in [3.8, 4) is 5.75 Å². The Morgan fingerprint density at radius 2 is 2.00 bits per heavy atom. The molecule has 1 unspecified atom stereocenters. The lowest BCUT2D eigenvalue weighted by atomic mass is 10.2. The number of carboxylic acid groups (broad SMARTS) is 1. The standard InChI is InChI=1S/C11H14O4/c12-10(13)7-4-8-11(14)15-9-5-2-1-3-6-9/h1-3,5-6,11,14H,4,7-8H2,(H,12,13). The summed E-state index contributed by atoms with van der Waals surface area (Å²) < 4.78 is 5.16. The molecule has 1 aromatic rings. The molecule has 0 amide bonds. The molecule has 0 saturated carbocycles. The fourth-order valence-electron chi connectivity index (χ4n) is 1.14. The number of para-hydroxylation sites is 1. The number of hydrogen-bond donors (Lipinski definition) is 2. The number of carboxylic acids is 1. The molecule has 4 nitrogen and oxygen atoms in total. The van der Waals surface area contributed by atoms with Crippen molar-refractivity contribution in [2.75, 3.05) is 0 Å². The second-order valence-corrected chi connectivity index (χ2v) is 3.17. The van der Waals surface area contributed by atoms with Gasteiger partial charge in [0.15, 0.2) is 6.29 Å². The molecule has 0 aliphatic carbocycles. The quantitative estimate of drug-likeness (QED) is 0.700. The molecule has 0 radical (unpaired) electrons. The number of ether oxygens (including phenoxy) is 1. The van der Waals surface area contributed by atoms with Crippen molar-refractivity contribution in [2.45, 2.75) is 25.6 Å². The molecule has 0 aliphatic rings. The van der Waals surface area contributed by atoms with E-state index in [0.717, 1.165) is 0 Å². The number of benzene rings is 1. The third kappa shape index (κ3) is 5.02. The number of carbonyl (C=O) groups is 1. The maximum absolute atomic E-state index is 10.2. The molecule has 4 heteroatoms. The molecular formula is C11H14O4. The minimum Gasteiger partial charge on any atom is -0.481 e. The van der Waals surface area contributed by atoms with Crippen molar-refractivity contribution in [1.29, 1.82) is 0 Å². The van der Waals surface area contributed by atoms with Crippen LogP contribution in [-0.2, 0) is 4.79 Å². The third-order valence-corrected chi connectivity index (χ3v) is 1.86. The highest BCUT2D eigenvalue weighted by atomic mass is 16.6. The Morgan fingerprint density at radius 1 is 1.33 bits per heavy atom. The normalized spacial score (nSPS) is 12.1. The van der Waals surface area contributed by atoms with Gasteiger partial charge in [0, 0.05) is 12.8 Å². The van der Waals surface area contributed by atoms with Gasteiger partial charge in [0.1, 0.15) is 5.75 Å². The van der Waals surface area contributed by atoms with E-state index in [4.69, 9.17) is 9.84 Å². The molecule has 82 valence electrons. The van der Waals surface area contributed by atoms with Crippen LogP contribution in [0.15, 0.2) is 30.3 Å². The largest absolute Gasteiger partial charge is 0.481 e. The molecule has 0 fully saturated rings. The van der Waals surface area contributed by atoms with Crippen molar-refractivity contribution in [1.82, 2.24) is 0 Å². The molecule has 1 aromatic carbocycles. The van der Waals surface area contributed by atoms with E-state index in [1.54, 1.807) is 24.3 Å². The van der Waals surface area contributed by atoms with Gasteiger partial charge < -0.3 is 14.9 Å². The van der Waals surface area contributed by atoms with Crippen LogP contribution in [0.1, 0.15) is 19.3 Å². The summed E-state index contributed by atoms with van der Waals surface area (Å²) in [6.45, 7) is 0. The molecule has 0 bridgehead atoms. The molecule has 0 aliphatic heterocycles. The highest BCUT2D eigenvalue weighted by molar-refractivity contribution is 5.66. The minimum absolute atomic E-state index is 0.0508. The lowest BCUT2D eigenvalue weighted by Gasteiger charge is -2.12. The predicted octanol–water partition coefficient (Wildman–Crippen LogP) is 1.64. The van der Waals surface area contributed by atoms with Crippen molar-refractivity contribution in [2.24, 2.45) is 0 Å². The van der Waals surface area contributed by atoms with Crippen molar-refractivity contribution < 1.29 is 19.7 Å². The lowest BCUT2D eigenvalue weighted by Crippen LogP contribution is -2.15. The van der Waals surface area contributed by atoms with Crippen LogP contribution >= 0.6 is 0 Å². The highest BCUT2D eigenvalue weighted by Gasteiger charge is 2.06. The van der Waals surface area contributed by atoms with Crippen molar-refractivity contribution >= 4 is 5.97 Å². The third-order valence-electron chi connectivity index (χ3n) is 1.86. The highest BCUT2D eigenvalue weighted by Crippen LogP contribution is 2.12. The van der Waals surface area contributed by atoms with Crippen LogP contribution in [-0.4, -0.2) is 22.5 Å². The van der Waals surface area contributed by atoms with E-state index in [0.29, 0.717) is 18.6 Å². The van der Waals surface area contributed by atoms with E-state index in [9.17, 15) is 9.90 Å². The van der Waals surface area contributed by atoms with E-state index < -0.39 is 12.3 Å². The predicted molar refractivity (Wildman–Crippen MR) is 54.6 cm³/mol. The second kappa shape index (κ2) is 6.03. The van der Waals surface area contributed by atoms with Gasteiger partial charge in [-0.25, -0.2) is 0 Å². The Labute approximate surface area is 88.1 Å². The van der Waals surface area contributed by atoms with E-state index >= 15 is 0 Å². The van der Waals surface area contributed by atoms with Gasteiger partial charge in [-0.3, -0.25) is 4.79 Å². The first kappa shape index (κ1) is 11.5.